The Morgan fingerprint density at radius 3 is 2.70 bits per heavy atom. The van der Waals surface area contributed by atoms with Gasteiger partial charge in [0, 0.05) is 18.7 Å². The SMILES string of the molecule is CC(C)C(C)NC(=S)C=CC=CCCCCOCCOc1cccc(F)c1. The van der Waals surface area contributed by atoms with E-state index in [-0.39, 0.29) is 5.82 Å². The lowest BCUT2D eigenvalue weighted by Crippen LogP contribution is -2.33. The lowest BCUT2D eigenvalue weighted by atomic mass is 10.1. The zero-order chi connectivity index (χ0) is 19.9. The fraction of sp³-hybridized carbons (Fsp3) is 0.500. The highest BCUT2D eigenvalue weighted by atomic mass is 32.1. The monoisotopic (exact) mass is 393 g/mol. The van der Waals surface area contributed by atoms with Crippen molar-refractivity contribution in [2.75, 3.05) is 19.8 Å². The average Bonchev–Trinajstić information content (AvgIpc) is 2.62. The Morgan fingerprint density at radius 2 is 1.96 bits per heavy atom. The molecule has 0 saturated carbocycles. The van der Waals surface area contributed by atoms with Crippen LogP contribution in [0.1, 0.15) is 40.0 Å². The smallest absolute Gasteiger partial charge is 0.126 e. The average molecular weight is 394 g/mol. The van der Waals surface area contributed by atoms with Crippen molar-refractivity contribution in [1.82, 2.24) is 5.32 Å². The van der Waals surface area contributed by atoms with E-state index in [4.69, 9.17) is 21.7 Å². The van der Waals surface area contributed by atoms with Crippen LogP contribution < -0.4 is 10.1 Å². The highest BCUT2D eigenvalue weighted by Gasteiger charge is 2.05. The molecule has 0 bridgehead atoms. The molecule has 3 nitrogen and oxygen atoms in total. The van der Waals surface area contributed by atoms with Crippen LogP contribution in [0.5, 0.6) is 5.75 Å². The van der Waals surface area contributed by atoms with Crippen molar-refractivity contribution in [2.45, 2.75) is 46.1 Å². The molecule has 0 aliphatic heterocycles. The molecule has 0 amide bonds. The van der Waals surface area contributed by atoms with Gasteiger partial charge in [-0.2, -0.15) is 0 Å². The fourth-order valence-electron chi connectivity index (χ4n) is 2.10. The lowest BCUT2D eigenvalue weighted by molar-refractivity contribution is 0.0974. The molecule has 150 valence electrons. The van der Waals surface area contributed by atoms with Crippen molar-refractivity contribution >= 4 is 17.2 Å². The van der Waals surface area contributed by atoms with E-state index >= 15 is 0 Å². The largest absolute Gasteiger partial charge is 0.491 e. The summed E-state index contributed by atoms with van der Waals surface area (Å²) < 4.78 is 23.9. The number of allylic oxidation sites excluding steroid dienone is 3. The van der Waals surface area contributed by atoms with Crippen LogP contribution in [0, 0.1) is 11.7 Å². The molecule has 0 saturated heterocycles. The van der Waals surface area contributed by atoms with Gasteiger partial charge in [-0.3, -0.25) is 0 Å². The molecular formula is C22H32FNO2S. The first-order valence-corrected chi connectivity index (χ1v) is 9.99. The van der Waals surface area contributed by atoms with Crippen molar-refractivity contribution in [2.24, 2.45) is 5.92 Å². The van der Waals surface area contributed by atoms with Gasteiger partial charge >= 0.3 is 0 Å². The molecule has 0 radical (unpaired) electrons. The highest BCUT2D eigenvalue weighted by molar-refractivity contribution is 7.80. The molecule has 1 aromatic carbocycles. The molecule has 0 aromatic heterocycles. The van der Waals surface area contributed by atoms with Crippen molar-refractivity contribution in [3.05, 3.63) is 54.4 Å². The molecule has 1 N–H and O–H groups in total. The number of benzene rings is 1. The fourth-order valence-corrected chi connectivity index (χ4v) is 2.36. The van der Waals surface area contributed by atoms with Crippen LogP contribution in [-0.2, 0) is 4.74 Å². The van der Waals surface area contributed by atoms with E-state index < -0.39 is 0 Å². The standard InChI is InChI=1S/C22H32FNO2S/c1-18(2)19(3)24-22(27)13-8-6-4-5-7-9-14-25-15-16-26-21-12-10-11-20(23)17-21/h4,6,8,10-13,17-19H,5,7,9,14-16H2,1-3H3,(H,24,27). The predicted octanol–water partition coefficient (Wildman–Crippen LogP) is 5.47. The van der Waals surface area contributed by atoms with Crippen molar-refractivity contribution in [3.8, 4) is 5.75 Å². The van der Waals surface area contributed by atoms with Gasteiger partial charge in [-0.25, -0.2) is 4.39 Å². The van der Waals surface area contributed by atoms with E-state index in [9.17, 15) is 4.39 Å². The van der Waals surface area contributed by atoms with E-state index in [0.717, 1.165) is 24.3 Å². The first kappa shape index (κ1) is 23.3. The number of rotatable bonds is 13. The third-order valence-corrected chi connectivity index (χ3v) is 4.32. The van der Waals surface area contributed by atoms with Crippen LogP contribution in [0.15, 0.2) is 48.6 Å². The molecule has 1 aromatic rings. The molecule has 0 aliphatic rings. The van der Waals surface area contributed by atoms with Gasteiger partial charge in [-0.05, 0) is 50.3 Å². The normalized spacial score (nSPS) is 12.8. The molecule has 0 spiro atoms. The number of hydrogen-bond acceptors (Lipinski definition) is 3. The lowest BCUT2D eigenvalue weighted by Gasteiger charge is -2.17. The Kier molecular flexibility index (Phi) is 12.4. The first-order chi connectivity index (χ1) is 13.0. The molecule has 5 heteroatoms. The first-order valence-electron chi connectivity index (χ1n) is 9.59. The summed E-state index contributed by atoms with van der Waals surface area (Å²) in [5.41, 5.74) is 0. The van der Waals surface area contributed by atoms with Crippen molar-refractivity contribution in [3.63, 3.8) is 0 Å². The number of hydrogen-bond donors (Lipinski definition) is 1. The number of thiocarbonyl (C=S) groups is 1. The summed E-state index contributed by atoms with van der Waals surface area (Å²) >= 11 is 5.28. The summed E-state index contributed by atoms with van der Waals surface area (Å²) in [6.07, 6.45) is 11.1. The molecule has 1 unspecified atom stereocenters. The highest BCUT2D eigenvalue weighted by Crippen LogP contribution is 2.11. The summed E-state index contributed by atoms with van der Waals surface area (Å²) in [7, 11) is 0. The Hall–Kier alpha value is -1.72. The summed E-state index contributed by atoms with van der Waals surface area (Å²) in [6.45, 7) is 8.12. The van der Waals surface area contributed by atoms with Crippen molar-refractivity contribution < 1.29 is 13.9 Å². The van der Waals surface area contributed by atoms with Crippen LogP contribution >= 0.6 is 12.2 Å². The van der Waals surface area contributed by atoms with Gasteiger partial charge in [0.25, 0.3) is 0 Å². The van der Waals surface area contributed by atoms with Gasteiger partial charge in [0.2, 0.25) is 0 Å². The van der Waals surface area contributed by atoms with Crippen LogP contribution in [0.25, 0.3) is 0 Å². The summed E-state index contributed by atoms with van der Waals surface area (Å²) in [5, 5.41) is 3.29. The maximum atomic E-state index is 13.0. The Labute approximate surface area is 168 Å². The molecule has 0 fully saturated rings. The van der Waals surface area contributed by atoms with Crippen LogP contribution in [0.4, 0.5) is 4.39 Å². The van der Waals surface area contributed by atoms with Gasteiger partial charge in [0.15, 0.2) is 0 Å². The van der Waals surface area contributed by atoms with E-state index in [0.29, 0.717) is 37.5 Å². The summed E-state index contributed by atoms with van der Waals surface area (Å²) in [6, 6.07) is 6.51. The minimum atomic E-state index is -0.292. The number of unbranched alkanes of at least 4 members (excludes halogenated alkanes) is 2. The topological polar surface area (TPSA) is 30.5 Å². The molecular weight excluding hydrogens is 361 g/mol. The maximum absolute atomic E-state index is 13.0. The third-order valence-electron chi connectivity index (χ3n) is 4.07. The Bertz CT molecular complexity index is 602. The second kappa shape index (κ2) is 14.4. The minimum Gasteiger partial charge on any atom is -0.491 e. The molecule has 1 atom stereocenters. The minimum absolute atomic E-state index is 0.292. The maximum Gasteiger partial charge on any atom is 0.126 e. The number of ether oxygens (including phenoxy) is 2. The molecule has 1 rings (SSSR count). The van der Waals surface area contributed by atoms with Crippen LogP contribution in [0.3, 0.4) is 0 Å². The molecule has 0 heterocycles. The zero-order valence-corrected chi connectivity index (χ0v) is 17.4. The van der Waals surface area contributed by atoms with Gasteiger partial charge in [-0.15, -0.1) is 0 Å². The quantitative estimate of drug-likeness (QED) is 0.208. The summed E-state index contributed by atoms with van der Waals surface area (Å²) in [5.74, 6) is 0.798. The predicted molar refractivity (Wildman–Crippen MR) is 115 cm³/mol. The zero-order valence-electron chi connectivity index (χ0n) is 16.6. The van der Waals surface area contributed by atoms with E-state index in [1.54, 1.807) is 12.1 Å². The van der Waals surface area contributed by atoms with Crippen LogP contribution in [0.2, 0.25) is 0 Å². The van der Waals surface area contributed by atoms with Crippen LogP contribution in [-0.4, -0.2) is 30.9 Å². The summed E-state index contributed by atoms with van der Waals surface area (Å²) in [4.78, 5) is 0.773. The number of halogens is 1. The Morgan fingerprint density at radius 1 is 1.15 bits per heavy atom. The van der Waals surface area contributed by atoms with E-state index in [1.807, 2.05) is 18.2 Å². The van der Waals surface area contributed by atoms with Gasteiger partial charge in [0.05, 0.1) is 11.6 Å². The van der Waals surface area contributed by atoms with E-state index in [2.05, 4.69) is 32.2 Å². The second-order valence-corrected chi connectivity index (χ2v) is 7.18. The van der Waals surface area contributed by atoms with E-state index in [1.165, 1.54) is 12.1 Å². The van der Waals surface area contributed by atoms with Crippen molar-refractivity contribution in [1.29, 1.82) is 0 Å². The van der Waals surface area contributed by atoms with Gasteiger partial charge in [0.1, 0.15) is 18.2 Å². The second-order valence-electron chi connectivity index (χ2n) is 6.74. The van der Waals surface area contributed by atoms with Gasteiger partial charge < -0.3 is 14.8 Å². The Balaban J connectivity index is 1.97. The molecule has 27 heavy (non-hydrogen) atoms. The van der Waals surface area contributed by atoms with Gasteiger partial charge in [-0.1, -0.05) is 50.4 Å². The third kappa shape index (κ3) is 12.3. The molecule has 0 aliphatic carbocycles. The number of nitrogens with one attached hydrogen (secondary N) is 1.